The summed E-state index contributed by atoms with van der Waals surface area (Å²) in [5, 5.41) is 0.701. The van der Waals surface area contributed by atoms with Gasteiger partial charge in [-0.25, -0.2) is 23.9 Å². The van der Waals surface area contributed by atoms with Crippen LogP contribution in [-0.2, 0) is 24.6 Å². The maximum absolute atomic E-state index is 15.5. The van der Waals surface area contributed by atoms with Crippen LogP contribution in [0.3, 0.4) is 0 Å². The van der Waals surface area contributed by atoms with Gasteiger partial charge in [-0.1, -0.05) is 39.3 Å². The minimum absolute atomic E-state index is 0.0919. The molecular formula is C31H43FN3O6PSSi2. The molecular weight excluding hydrogens is 649 g/mol. The second-order valence-corrected chi connectivity index (χ2v) is 28.3. The molecule has 3 heterocycles. The summed E-state index contributed by atoms with van der Waals surface area (Å²) in [7, 11) is -5.19. The summed E-state index contributed by atoms with van der Waals surface area (Å²) in [6, 6.07) is 7.00. The Balaban J connectivity index is 1.40. The second kappa shape index (κ2) is 12.7. The first-order chi connectivity index (χ1) is 21.0. The first-order valence-corrected chi connectivity index (χ1v) is 24.8. The van der Waals surface area contributed by atoms with Gasteiger partial charge in [0.25, 0.3) is 0 Å². The number of methoxy groups -OCH3 is 1. The van der Waals surface area contributed by atoms with Gasteiger partial charge in [0, 0.05) is 39.8 Å². The van der Waals surface area contributed by atoms with E-state index in [0.717, 1.165) is 27.9 Å². The van der Waals surface area contributed by atoms with Crippen molar-refractivity contribution in [2.24, 2.45) is 0 Å². The summed E-state index contributed by atoms with van der Waals surface area (Å²) >= 11 is 1.45. The highest BCUT2D eigenvalue weighted by Crippen LogP contribution is 2.52. The van der Waals surface area contributed by atoms with Crippen LogP contribution in [0.25, 0.3) is 31.8 Å². The van der Waals surface area contributed by atoms with Crippen molar-refractivity contribution in [3.8, 4) is 22.2 Å². The number of aryl methyl sites for hydroxylation is 1. The Labute approximate surface area is 270 Å². The molecule has 0 saturated carbocycles. The second-order valence-electron chi connectivity index (χ2n) is 14.4. The molecule has 4 aromatic rings. The molecule has 0 aliphatic carbocycles. The molecule has 2 aromatic carbocycles. The average molecular weight is 692 g/mol. The molecule has 0 spiro atoms. The third-order valence-corrected chi connectivity index (χ3v) is 13.5. The fraction of sp³-hybridized carbons (Fsp3) is 0.516. The quantitative estimate of drug-likeness (QED) is 0.100. The van der Waals surface area contributed by atoms with E-state index in [0.29, 0.717) is 52.6 Å². The van der Waals surface area contributed by atoms with Gasteiger partial charge in [0.15, 0.2) is 11.6 Å². The lowest BCUT2D eigenvalue weighted by Gasteiger charge is -2.27. The first kappa shape index (κ1) is 34.1. The number of phosphoric ester groups is 1. The van der Waals surface area contributed by atoms with Gasteiger partial charge in [-0.3, -0.25) is 13.6 Å². The van der Waals surface area contributed by atoms with Gasteiger partial charge < -0.3 is 9.47 Å². The van der Waals surface area contributed by atoms with E-state index in [4.69, 9.17) is 28.0 Å². The number of aromatic nitrogens is 3. The van der Waals surface area contributed by atoms with Gasteiger partial charge in [-0.05, 0) is 43.6 Å². The van der Waals surface area contributed by atoms with Crippen molar-refractivity contribution in [1.29, 1.82) is 0 Å². The van der Waals surface area contributed by atoms with Crippen LogP contribution in [0.15, 0.2) is 24.4 Å². The number of hydrogen-bond donors (Lipinski definition) is 0. The van der Waals surface area contributed by atoms with Crippen molar-refractivity contribution in [3.63, 3.8) is 0 Å². The number of thiazole rings is 1. The topological polar surface area (TPSA) is 102 Å². The minimum Gasteiger partial charge on any atom is -0.481 e. The fourth-order valence-electron chi connectivity index (χ4n) is 4.97. The van der Waals surface area contributed by atoms with Crippen molar-refractivity contribution in [1.82, 2.24) is 15.0 Å². The van der Waals surface area contributed by atoms with Crippen LogP contribution in [0, 0.1) is 12.7 Å². The van der Waals surface area contributed by atoms with Crippen molar-refractivity contribution in [2.75, 3.05) is 26.9 Å². The van der Waals surface area contributed by atoms with Crippen molar-refractivity contribution < 1.29 is 32.0 Å². The lowest BCUT2D eigenvalue weighted by Crippen LogP contribution is -2.36. The lowest BCUT2D eigenvalue weighted by molar-refractivity contribution is 0.0256. The SMILES string of the molecule is COc1cnc2c(-c3nc4cc(F)c5c(c4s3)CC(C)(COP(=O)(OCC[Si](C)(C)C)OCC[Si](C)(C)C)O5)cc(C)cc2n1. The monoisotopic (exact) mass is 691 g/mol. The van der Waals surface area contributed by atoms with Crippen molar-refractivity contribution >= 4 is 56.6 Å². The number of hydrogen-bond acceptors (Lipinski definition) is 10. The Morgan fingerprint density at radius 2 is 1.67 bits per heavy atom. The van der Waals surface area contributed by atoms with Crippen LogP contribution in [-0.4, -0.2) is 63.6 Å². The van der Waals surface area contributed by atoms with E-state index in [1.807, 2.05) is 26.0 Å². The van der Waals surface area contributed by atoms with Crippen LogP contribution in [0.4, 0.5) is 4.39 Å². The smallest absolute Gasteiger partial charge is 0.474 e. The molecule has 0 saturated heterocycles. The number of halogens is 1. The summed E-state index contributed by atoms with van der Waals surface area (Å²) in [6.45, 7) is 17.7. The highest BCUT2D eigenvalue weighted by molar-refractivity contribution is 7.48. The third-order valence-electron chi connectivity index (χ3n) is 7.52. The molecule has 0 N–H and O–H groups in total. The predicted octanol–water partition coefficient (Wildman–Crippen LogP) is 8.89. The maximum Gasteiger partial charge on any atom is 0.474 e. The van der Waals surface area contributed by atoms with Gasteiger partial charge >= 0.3 is 7.82 Å². The Morgan fingerprint density at radius 1 is 1.00 bits per heavy atom. The van der Waals surface area contributed by atoms with E-state index in [9.17, 15) is 4.57 Å². The summed E-state index contributed by atoms with van der Waals surface area (Å²) in [4.78, 5) is 13.9. The highest BCUT2D eigenvalue weighted by atomic mass is 32.1. The molecule has 244 valence electrons. The van der Waals surface area contributed by atoms with E-state index in [-0.39, 0.29) is 12.4 Å². The molecule has 9 nitrogen and oxygen atoms in total. The van der Waals surface area contributed by atoms with E-state index < -0.39 is 35.4 Å². The van der Waals surface area contributed by atoms with Gasteiger partial charge in [0.2, 0.25) is 5.88 Å². The largest absolute Gasteiger partial charge is 0.481 e. The molecule has 1 unspecified atom stereocenters. The number of fused-ring (bicyclic) bond motifs is 4. The van der Waals surface area contributed by atoms with Crippen LogP contribution in [0.1, 0.15) is 18.1 Å². The molecule has 1 aliphatic heterocycles. The molecule has 0 bridgehead atoms. The van der Waals surface area contributed by atoms with E-state index in [1.54, 1.807) is 13.3 Å². The molecule has 0 radical (unpaired) electrons. The van der Waals surface area contributed by atoms with Gasteiger partial charge in [-0.2, -0.15) is 0 Å². The molecule has 0 amide bonds. The Hall–Kier alpha value is -2.26. The first-order valence-electron chi connectivity index (χ1n) is 15.1. The van der Waals surface area contributed by atoms with E-state index in [1.165, 1.54) is 17.4 Å². The maximum atomic E-state index is 15.5. The minimum atomic E-state index is -3.87. The zero-order valence-corrected chi connectivity index (χ0v) is 31.3. The number of benzene rings is 2. The molecule has 0 fully saturated rings. The number of ether oxygens (including phenoxy) is 2. The van der Waals surface area contributed by atoms with Crippen LogP contribution in [0.2, 0.25) is 51.4 Å². The molecule has 14 heteroatoms. The number of nitrogens with zero attached hydrogens (tertiary/aromatic N) is 3. The summed E-state index contributed by atoms with van der Waals surface area (Å²) < 4.78 is 59.1. The zero-order valence-electron chi connectivity index (χ0n) is 27.6. The van der Waals surface area contributed by atoms with E-state index >= 15 is 4.39 Å². The standard InChI is InChI=1S/C31H43FN3O6PSSi2/c1-20-14-21(27-24(15-20)34-26(37-3)18-33-27)30-35-25-16-23(32)28-22(29(25)43-30)17-31(2,41-28)19-40-42(36,38-10-12-44(4,5)6)39-11-13-45(7,8)9/h14-16,18H,10-13,17,19H2,1-9H3. The van der Waals surface area contributed by atoms with Gasteiger partial charge in [0.05, 0.1) is 54.4 Å². The molecule has 45 heavy (non-hydrogen) atoms. The summed E-state index contributed by atoms with van der Waals surface area (Å²) in [5.74, 6) is 0.0866. The van der Waals surface area contributed by atoms with E-state index in [2.05, 4.69) is 49.3 Å². The molecule has 5 rings (SSSR count). The fourth-order valence-corrected chi connectivity index (χ4v) is 9.12. The summed E-state index contributed by atoms with van der Waals surface area (Å²) in [6.07, 6.45) is 1.92. The lowest BCUT2D eigenvalue weighted by atomic mass is 10.00. The molecule has 1 atom stereocenters. The van der Waals surface area contributed by atoms with Gasteiger partial charge in [-0.15, -0.1) is 11.3 Å². The van der Waals surface area contributed by atoms with Gasteiger partial charge in [0.1, 0.15) is 10.6 Å². The zero-order chi connectivity index (χ0) is 32.8. The van der Waals surface area contributed by atoms with Crippen LogP contribution in [0.5, 0.6) is 11.6 Å². The normalized spacial score (nSPS) is 17.2. The van der Waals surface area contributed by atoms with Crippen LogP contribution >= 0.6 is 19.2 Å². The predicted molar refractivity (Wildman–Crippen MR) is 184 cm³/mol. The van der Waals surface area contributed by atoms with Crippen LogP contribution < -0.4 is 9.47 Å². The Bertz CT molecular complexity index is 1750. The highest BCUT2D eigenvalue weighted by Gasteiger charge is 2.42. The molecule has 2 aromatic heterocycles. The average Bonchev–Trinajstić information content (AvgIpc) is 3.51. The summed E-state index contributed by atoms with van der Waals surface area (Å²) in [5.41, 5.74) is 3.44. The third kappa shape index (κ3) is 8.19. The van der Waals surface area contributed by atoms with Crippen molar-refractivity contribution in [2.45, 2.75) is 77.2 Å². The Morgan fingerprint density at radius 3 is 2.29 bits per heavy atom. The molecule has 1 aliphatic rings. The van der Waals surface area contributed by atoms with Crippen molar-refractivity contribution in [3.05, 3.63) is 41.3 Å². The number of phosphoric acid groups is 1. The number of rotatable bonds is 13. The Kier molecular flexibility index (Phi) is 9.65.